The van der Waals surface area contributed by atoms with Crippen molar-refractivity contribution in [3.8, 4) is 0 Å². The van der Waals surface area contributed by atoms with Crippen LogP contribution in [0.1, 0.15) is 53.9 Å². The molecule has 1 rings (SSSR count). The molecule has 0 aromatic rings. The van der Waals surface area contributed by atoms with Crippen molar-refractivity contribution < 1.29 is 33.4 Å². The van der Waals surface area contributed by atoms with Gasteiger partial charge in [-0.1, -0.05) is 13.8 Å². The first-order chi connectivity index (χ1) is 12.4. The van der Waals surface area contributed by atoms with Crippen LogP contribution in [0.4, 0.5) is 4.79 Å². The molecule has 9 heteroatoms. The third kappa shape index (κ3) is 7.76. The van der Waals surface area contributed by atoms with Crippen LogP contribution in [-0.4, -0.2) is 53.8 Å². The Bertz CT molecular complexity index is 591. The predicted molar refractivity (Wildman–Crippen MR) is 94.8 cm³/mol. The summed E-state index contributed by atoms with van der Waals surface area (Å²) in [5.74, 6) is -2.24. The first-order valence-corrected chi connectivity index (χ1v) is 8.93. The molecule has 0 aliphatic heterocycles. The number of hydrogen-bond donors (Lipinski definition) is 2. The molecule has 0 saturated heterocycles. The number of ether oxygens (including phenoxy) is 2. The van der Waals surface area contributed by atoms with Gasteiger partial charge in [0, 0.05) is 19.4 Å². The summed E-state index contributed by atoms with van der Waals surface area (Å²) >= 11 is 0. The van der Waals surface area contributed by atoms with Crippen molar-refractivity contribution in [1.82, 2.24) is 10.6 Å². The van der Waals surface area contributed by atoms with Crippen LogP contribution in [0.2, 0.25) is 0 Å². The summed E-state index contributed by atoms with van der Waals surface area (Å²) < 4.78 is 10.0. The van der Waals surface area contributed by atoms with E-state index in [0.29, 0.717) is 0 Å². The first-order valence-electron chi connectivity index (χ1n) is 8.93. The summed E-state index contributed by atoms with van der Waals surface area (Å²) in [6.45, 7) is 8.60. The van der Waals surface area contributed by atoms with Gasteiger partial charge in [-0.05, 0) is 26.7 Å². The van der Waals surface area contributed by atoms with Gasteiger partial charge in [-0.2, -0.15) is 0 Å². The van der Waals surface area contributed by atoms with Gasteiger partial charge in [0.2, 0.25) is 12.0 Å². The summed E-state index contributed by atoms with van der Waals surface area (Å²) in [5.41, 5.74) is -0.693. The molecule has 2 N–H and O–H groups in total. The molecule has 1 atom stereocenters. The van der Waals surface area contributed by atoms with E-state index in [1.54, 1.807) is 34.6 Å². The third-order valence-corrected chi connectivity index (χ3v) is 3.70. The zero-order chi connectivity index (χ0) is 20.8. The van der Waals surface area contributed by atoms with E-state index in [-0.39, 0.29) is 31.7 Å². The molecule has 0 aromatic heterocycles. The largest absolute Gasteiger partial charge is 0.446 e. The Kier molecular flexibility index (Phi) is 7.93. The van der Waals surface area contributed by atoms with Crippen LogP contribution < -0.4 is 10.6 Å². The first kappa shape index (κ1) is 22.6. The van der Waals surface area contributed by atoms with E-state index < -0.39 is 47.3 Å². The van der Waals surface area contributed by atoms with Crippen LogP contribution in [-0.2, 0) is 28.7 Å². The molecule has 1 saturated carbocycles. The monoisotopic (exact) mass is 384 g/mol. The minimum absolute atomic E-state index is 0.0496. The Labute approximate surface area is 158 Å². The molecule has 1 aliphatic carbocycles. The highest BCUT2D eigenvalue weighted by molar-refractivity contribution is 6.12. The van der Waals surface area contributed by atoms with Crippen LogP contribution in [0.3, 0.4) is 0 Å². The summed E-state index contributed by atoms with van der Waals surface area (Å²) in [6.07, 6.45) is -2.06. The minimum atomic E-state index is -1.31. The maximum absolute atomic E-state index is 12.3. The van der Waals surface area contributed by atoms with Gasteiger partial charge in [0.05, 0.1) is 6.42 Å². The van der Waals surface area contributed by atoms with E-state index in [4.69, 9.17) is 9.47 Å². The Morgan fingerprint density at radius 1 is 1.11 bits per heavy atom. The van der Waals surface area contributed by atoms with Crippen molar-refractivity contribution >= 4 is 29.5 Å². The second-order valence-corrected chi connectivity index (χ2v) is 7.71. The van der Waals surface area contributed by atoms with Gasteiger partial charge in [-0.25, -0.2) is 4.79 Å². The molecule has 0 spiro atoms. The number of carbonyl (C=O) groups is 5. The van der Waals surface area contributed by atoms with Crippen molar-refractivity contribution in [2.45, 2.75) is 71.6 Å². The third-order valence-electron chi connectivity index (χ3n) is 3.70. The highest BCUT2D eigenvalue weighted by Crippen LogP contribution is 2.14. The van der Waals surface area contributed by atoms with Crippen molar-refractivity contribution in [2.75, 3.05) is 6.54 Å². The average molecular weight is 384 g/mol. The zero-order valence-electron chi connectivity index (χ0n) is 16.4. The van der Waals surface area contributed by atoms with E-state index in [0.717, 1.165) is 0 Å². The van der Waals surface area contributed by atoms with E-state index in [2.05, 4.69) is 10.6 Å². The molecular weight excluding hydrogens is 356 g/mol. The highest BCUT2D eigenvalue weighted by Gasteiger charge is 2.36. The molecule has 0 radical (unpaired) electrons. The summed E-state index contributed by atoms with van der Waals surface area (Å²) in [4.78, 5) is 58.8. The van der Waals surface area contributed by atoms with Crippen LogP contribution in [0.5, 0.6) is 0 Å². The fourth-order valence-corrected chi connectivity index (χ4v) is 2.38. The fraction of sp³-hybridized carbons (Fsp3) is 0.722. The zero-order valence-corrected chi connectivity index (χ0v) is 16.4. The maximum atomic E-state index is 12.3. The maximum Gasteiger partial charge on any atom is 0.408 e. The number of Topliss-reactive ketones (excluding diaryl/α,β-unsaturated/α-hetero) is 2. The average Bonchev–Trinajstić information content (AvgIpc) is 2.82. The topological polar surface area (TPSA) is 128 Å². The van der Waals surface area contributed by atoms with Crippen LogP contribution in [0.25, 0.3) is 0 Å². The minimum Gasteiger partial charge on any atom is -0.446 e. The van der Waals surface area contributed by atoms with Gasteiger partial charge in [0.15, 0.2) is 11.6 Å². The molecule has 0 unspecified atom stereocenters. The lowest BCUT2D eigenvalue weighted by molar-refractivity contribution is -0.157. The van der Waals surface area contributed by atoms with Crippen molar-refractivity contribution in [3.63, 3.8) is 0 Å². The van der Waals surface area contributed by atoms with E-state index in [9.17, 15) is 24.0 Å². The number of amides is 2. The molecule has 1 fully saturated rings. The summed E-state index contributed by atoms with van der Waals surface area (Å²) in [6, 6.07) is -0.839. The number of ketones is 2. The quantitative estimate of drug-likeness (QED) is 0.493. The molecule has 27 heavy (non-hydrogen) atoms. The lowest BCUT2D eigenvalue weighted by atomic mass is 10.0. The van der Waals surface area contributed by atoms with Crippen molar-refractivity contribution in [1.29, 1.82) is 0 Å². The van der Waals surface area contributed by atoms with Crippen LogP contribution in [0.15, 0.2) is 0 Å². The van der Waals surface area contributed by atoms with Crippen LogP contribution in [0, 0.1) is 5.92 Å². The Hall–Kier alpha value is -2.45. The molecule has 0 heterocycles. The lowest BCUT2D eigenvalue weighted by Gasteiger charge is -2.25. The molecule has 0 bridgehead atoms. The Balaban J connectivity index is 2.45. The molecular formula is C18H28N2O7. The molecule has 1 aliphatic rings. The van der Waals surface area contributed by atoms with E-state index >= 15 is 0 Å². The normalized spacial score (nSPS) is 16.2. The van der Waals surface area contributed by atoms with Crippen molar-refractivity contribution in [3.05, 3.63) is 0 Å². The molecule has 152 valence electrons. The summed E-state index contributed by atoms with van der Waals surface area (Å²) in [7, 11) is 0. The molecule has 9 nitrogen and oxygen atoms in total. The van der Waals surface area contributed by atoms with E-state index in [1.807, 2.05) is 0 Å². The molecule has 2 amide bonds. The number of nitrogens with one attached hydrogen (secondary N) is 2. The Morgan fingerprint density at radius 2 is 1.67 bits per heavy atom. The fourth-order valence-electron chi connectivity index (χ4n) is 2.38. The Morgan fingerprint density at radius 3 is 2.15 bits per heavy atom. The van der Waals surface area contributed by atoms with Gasteiger partial charge in [0.25, 0.3) is 0 Å². The van der Waals surface area contributed by atoms with Gasteiger partial charge < -0.3 is 20.1 Å². The highest BCUT2D eigenvalue weighted by atomic mass is 16.6. The second kappa shape index (κ2) is 9.48. The SMILES string of the molecule is CC(C)[C@H](NC(=O)OC(C)(C)C)C(=O)NCCC(=O)OC1C(=O)CCC1=O. The van der Waals surface area contributed by atoms with E-state index in [1.165, 1.54) is 0 Å². The van der Waals surface area contributed by atoms with Crippen LogP contribution >= 0.6 is 0 Å². The number of esters is 1. The predicted octanol–water partition coefficient (Wildman–Crippen LogP) is 0.886. The smallest absolute Gasteiger partial charge is 0.408 e. The van der Waals surface area contributed by atoms with Crippen molar-refractivity contribution in [2.24, 2.45) is 5.92 Å². The molecule has 0 aromatic carbocycles. The summed E-state index contributed by atoms with van der Waals surface area (Å²) in [5, 5.41) is 5.03. The van der Waals surface area contributed by atoms with Gasteiger partial charge in [-0.3, -0.25) is 19.2 Å². The number of carbonyl (C=O) groups excluding carboxylic acids is 5. The van der Waals surface area contributed by atoms with Gasteiger partial charge in [0.1, 0.15) is 11.6 Å². The van der Waals surface area contributed by atoms with Gasteiger partial charge >= 0.3 is 12.1 Å². The standard InChI is InChI=1S/C18H28N2O7/c1-10(2)14(20-17(25)27-18(3,4)5)16(24)19-9-8-13(23)26-15-11(21)6-7-12(15)22/h10,14-15H,6-9H2,1-5H3,(H,19,24)(H,20,25)/t14-/m0/s1. The number of hydrogen-bond acceptors (Lipinski definition) is 7. The van der Waals surface area contributed by atoms with Gasteiger partial charge in [-0.15, -0.1) is 0 Å². The number of rotatable bonds is 7. The second-order valence-electron chi connectivity index (χ2n) is 7.71. The number of alkyl carbamates (subject to hydrolysis) is 1. The lowest BCUT2D eigenvalue weighted by Crippen LogP contribution is -2.51.